The smallest absolute Gasteiger partial charge is 0.275 e. The first kappa shape index (κ1) is 15.7. The van der Waals surface area contributed by atoms with Crippen LogP contribution in [0.25, 0.3) is 0 Å². The average molecular weight is 332 g/mol. The predicted molar refractivity (Wildman–Crippen MR) is 91.1 cm³/mol. The number of pyridine rings is 2. The molecule has 120 valence electrons. The number of piperazine rings is 1. The van der Waals surface area contributed by atoms with Crippen molar-refractivity contribution in [2.24, 2.45) is 0 Å². The van der Waals surface area contributed by atoms with Crippen molar-refractivity contribution in [3.05, 3.63) is 47.4 Å². The van der Waals surface area contributed by atoms with Crippen molar-refractivity contribution in [2.45, 2.75) is 0 Å². The summed E-state index contributed by atoms with van der Waals surface area (Å²) in [4.78, 5) is 25.0. The summed E-state index contributed by atoms with van der Waals surface area (Å²) in [5.74, 6) is 0.169. The van der Waals surface area contributed by atoms with E-state index in [-0.39, 0.29) is 11.6 Å². The van der Waals surface area contributed by atoms with Crippen molar-refractivity contribution in [1.82, 2.24) is 14.9 Å². The van der Waals surface area contributed by atoms with Gasteiger partial charge in [-0.25, -0.2) is 4.98 Å². The number of nitrogens with zero attached hydrogens (tertiary/aromatic N) is 4. The Hall–Kier alpha value is -2.18. The highest BCUT2D eigenvalue weighted by Crippen LogP contribution is 2.17. The van der Waals surface area contributed by atoms with Gasteiger partial charge in [-0.2, -0.15) is 0 Å². The van der Waals surface area contributed by atoms with E-state index in [0.717, 1.165) is 31.9 Å². The lowest BCUT2D eigenvalue weighted by Crippen LogP contribution is -2.44. The molecule has 0 unspecified atom stereocenters. The van der Waals surface area contributed by atoms with Crippen LogP contribution in [0.3, 0.4) is 0 Å². The van der Waals surface area contributed by atoms with Crippen molar-refractivity contribution in [1.29, 1.82) is 0 Å². The quantitative estimate of drug-likeness (QED) is 0.933. The molecule has 3 heterocycles. The molecule has 6 nitrogen and oxygen atoms in total. The van der Waals surface area contributed by atoms with Crippen LogP contribution in [0.2, 0.25) is 5.02 Å². The van der Waals surface area contributed by atoms with Crippen molar-refractivity contribution in [3.63, 3.8) is 0 Å². The van der Waals surface area contributed by atoms with Gasteiger partial charge in [0.2, 0.25) is 0 Å². The summed E-state index contributed by atoms with van der Waals surface area (Å²) in [6.45, 7) is 4.05. The van der Waals surface area contributed by atoms with Crippen LogP contribution in [0.1, 0.15) is 10.5 Å². The Bertz CT molecular complexity index is 683. The third-order valence-electron chi connectivity index (χ3n) is 3.81. The number of nitrogens with one attached hydrogen (secondary N) is 1. The second-order valence-corrected chi connectivity index (χ2v) is 5.94. The third kappa shape index (κ3) is 3.97. The predicted octanol–water partition coefficient (Wildman–Crippen LogP) is 2.13. The molecule has 7 heteroatoms. The van der Waals surface area contributed by atoms with Crippen LogP contribution >= 0.6 is 11.6 Å². The SMILES string of the molecule is CN1CCN(c2ccc(NC(=O)c3cc(Cl)ccn3)nc2)CC1. The molecular formula is C16H18ClN5O. The lowest BCUT2D eigenvalue weighted by Gasteiger charge is -2.33. The number of hydrogen-bond donors (Lipinski definition) is 1. The fourth-order valence-electron chi connectivity index (χ4n) is 2.42. The fraction of sp³-hybridized carbons (Fsp3) is 0.312. The normalized spacial score (nSPS) is 15.5. The first-order valence-electron chi connectivity index (χ1n) is 7.44. The Balaban J connectivity index is 1.64. The summed E-state index contributed by atoms with van der Waals surface area (Å²) in [5.41, 5.74) is 1.33. The Morgan fingerprint density at radius 3 is 2.61 bits per heavy atom. The molecular weight excluding hydrogens is 314 g/mol. The second-order valence-electron chi connectivity index (χ2n) is 5.51. The monoisotopic (exact) mass is 331 g/mol. The highest BCUT2D eigenvalue weighted by atomic mass is 35.5. The van der Waals surface area contributed by atoms with Gasteiger partial charge in [0.25, 0.3) is 5.91 Å². The van der Waals surface area contributed by atoms with Gasteiger partial charge < -0.3 is 15.1 Å². The Labute approximate surface area is 140 Å². The molecule has 1 N–H and O–H groups in total. The minimum Gasteiger partial charge on any atom is -0.368 e. The molecule has 1 amide bonds. The van der Waals surface area contributed by atoms with Crippen molar-refractivity contribution >= 4 is 29.0 Å². The van der Waals surface area contributed by atoms with Crippen molar-refractivity contribution in [3.8, 4) is 0 Å². The molecule has 23 heavy (non-hydrogen) atoms. The molecule has 1 aliphatic rings. The third-order valence-corrected chi connectivity index (χ3v) is 4.05. The molecule has 1 aliphatic heterocycles. The Morgan fingerprint density at radius 1 is 1.17 bits per heavy atom. The van der Waals surface area contributed by atoms with E-state index in [2.05, 4.69) is 32.1 Å². The maximum Gasteiger partial charge on any atom is 0.275 e. The highest BCUT2D eigenvalue weighted by molar-refractivity contribution is 6.30. The molecule has 1 fully saturated rings. The van der Waals surface area contributed by atoms with Gasteiger partial charge in [-0.05, 0) is 31.3 Å². The van der Waals surface area contributed by atoms with Gasteiger partial charge in [-0.3, -0.25) is 9.78 Å². The lowest BCUT2D eigenvalue weighted by atomic mass is 10.3. The van der Waals surface area contributed by atoms with Gasteiger partial charge in [0.15, 0.2) is 0 Å². The molecule has 0 radical (unpaired) electrons. The molecule has 0 bridgehead atoms. The second kappa shape index (κ2) is 6.93. The van der Waals surface area contributed by atoms with E-state index in [1.54, 1.807) is 18.3 Å². The molecule has 1 saturated heterocycles. The van der Waals surface area contributed by atoms with Crippen LogP contribution < -0.4 is 10.2 Å². The Kier molecular flexibility index (Phi) is 4.73. The van der Waals surface area contributed by atoms with Crippen LogP contribution in [0.15, 0.2) is 36.7 Å². The minimum atomic E-state index is -0.327. The topological polar surface area (TPSA) is 61.4 Å². The number of carbonyl (C=O) groups excluding carboxylic acids is 1. The van der Waals surface area contributed by atoms with E-state index < -0.39 is 0 Å². The summed E-state index contributed by atoms with van der Waals surface area (Å²) in [6.07, 6.45) is 3.29. The standard InChI is InChI=1S/C16H18ClN5O/c1-21-6-8-22(9-7-21)13-2-3-15(19-11-13)20-16(23)14-10-12(17)4-5-18-14/h2-5,10-11H,6-9H2,1H3,(H,19,20,23). The van der Waals surface area contributed by atoms with Crippen molar-refractivity contribution < 1.29 is 4.79 Å². The number of rotatable bonds is 3. The van der Waals surface area contributed by atoms with E-state index in [1.807, 2.05) is 6.07 Å². The zero-order valence-corrected chi connectivity index (χ0v) is 13.6. The molecule has 0 aliphatic carbocycles. The molecule has 0 aromatic carbocycles. The van der Waals surface area contributed by atoms with E-state index >= 15 is 0 Å². The molecule has 0 atom stereocenters. The maximum absolute atomic E-state index is 12.1. The number of anilines is 2. The summed E-state index contributed by atoms with van der Waals surface area (Å²) < 4.78 is 0. The van der Waals surface area contributed by atoms with Crippen LogP contribution in [0.5, 0.6) is 0 Å². The number of halogens is 1. The summed E-state index contributed by atoms with van der Waals surface area (Å²) in [5, 5.41) is 3.20. The van der Waals surface area contributed by atoms with Crippen LogP contribution in [0, 0.1) is 0 Å². The molecule has 0 spiro atoms. The summed E-state index contributed by atoms with van der Waals surface area (Å²) in [6, 6.07) is 6.92. The zero-order chi connectivity index (χ0) is 16.2. The first-order chi connectivity index (χ1) is 11.1. The van der Waals surface area contributed by atoms with Crippen LogP contribution in [0.4, 0.5) is 11.5 Å². The first-order valence-corrected chi connectivity index (χ1v) is 7.82. The maximum atomic E-state index is 12.1. The average Bonchev–Trinajstić information content (AvgIpc) is 2.56. The molecule has 2 aromatic heterocycles. The summed E-state index contributed by atoms with van der Waals surface area (Å²) in [7, 11) is 2.12. The van der Waals surface area contributed by atoms with E-state index in [9.17, 15) is 4.79 Å². The zero-order valence-electron chi connectivity index (χ0n) is 12.9. The van der Waals surface area contributed by atoms with Crippen LogP contribution in [-0.4, -0.2) is 54.0 Å². The molecule has 2 aromatic rings. The number of likely N-dealkylation sites (N-methyl/N-ethyl adjacent to an activating group) is 1. The van der Waals surface area contributed by atoms with Gasteiger partial charge in [0.05, 0.1) is 11.9 Å². The number of amides is 1. The largest absolute Gasteiger partial charge is 0.368 e. The highest BCUT2D eigenvalue weighted by Gasteiger charge is 2.15. The van der Waals surface area contributed by atoms with Gasteiger partial charge >= 0.3 is 0 Å². The van der Waals surface area contributed by atoms with Gasteiger partial charge in [0, 0.05) is 37.4 Å². The fourth-order valence-corrected chi connectivity index (χ4v) is 2.58. The molecule has 3 rings (SSSR count). The van der Waals surface area contributed by atoms with Gasteiger partial charge in [-0.1, -0.05) is 11.6 Å². The van der Waals surface area contributed by atoms with Gasteiger partial charge in [0.1, 0.15) is 11.5 Å². The molecule has 0 saturated carbocycles. The van der Waals surface area contributed by atoms with E-state index in [0.29, 0.717) is 10.8 Å². The Morgan fingerprint density at radius 2 is 1.96 bits per heavy atom. The number of carbonyl (C=O) groups is 1. The summed E-state index contributed by atoms with van der Waals surface area (Å²) >= 11 is 5.86. The van der Waals surface area contributed by atoms with Crippen LogP contribution in [-0.2, 0) is 0 Å². The number of hydrogen-bond acceptors (Lipinski definition) is 5. The minimum absolute atomic E-state index is 0.266. The lowest BCUT2D eigenvalue weighted by molar-refractivity contribution is 0.102. The van der Waals surface area contributed by atoms with Crippen molar-refractivity contribution in [2.75, 3.05) is 43.4 Å². The van der Waals surface area contributed by atoms with E-state index in [1.165, 1.54) is 12.3 Å². The number of aromatic nitrogens is 2. The van der Waals surface area contributed by atoms with E-state index in [4.69, 9.17) is 11.6 Å². The van der Waals surface area contributed by atoms with Gasteiger partial charge in [-0.15, -0.1) is 0 Å².